The fourth-order valence-corrected chi connectivity index (χ4v) is 3.05. The summed E-state index contributed by atoms with van der Waals surface area (Å²) in [7, 11) is 1.73. The number of aromatic nitrogens is 3. The number of ether oxygens (including phenoxy) is 1. The van der Waals surface area contributed by atoms with Crippen molar-refractivity contribution >= 4 is 17.8 Å². The van der Waals surface area contributed by atoms with Crippen LogP contribution in [0.25, 0.3) is 0 Å². The second-order valence-electron chi connectivity index (χ2n) is 7.67. The first kappa shape index (κ1) is 18.9. The van der Waals surface area contributed by atoms with Crippen LogP contribution in [-0.2, 0) is 24.8 Å². The van der Waals surface area contributed by atoms with E-state index in [2.05, 4.69) is 15.4 Å². The molecule has 0 spiro atoms. The van der Waals surface area contributed by atoms with E-state index in [4.69, 9.17) is 4.74 Å². The lowest BCUT2D eigenvalue weighted by molar-refractivity contribution is 0.0222. The molecule has 2 aromatic rings. The molecule has 0 radical (unpaired) electrons. The lowest BCUT2D eigenvalue weighted by atomic mass is 10.1. The Morgan fingerprint density at radius 2 is 2.04 bits per heavy atom. The minimum Gasteiger partial charge on any atom is -0.444 e. The summed E-state index contributed by atoms with van der Waals surface area (Å²) in [4.78, 5) is 31.1. The molecule has 3 rings (SSSR count). The molecule has 8 nitrogen and oxygen atoms in total. The van der Waals surface area contributed by atoms with Crippen molar-refractivity contribution in [3.8, 4) is 0 Å². The van der Waals surface area contributed by atoms with Crippen LogP contribution < -0.4 is 5.32 Å². The summed E-state index contributed by atoms with van der Waals surface area (Å²) in [6, 6.07) is 3.70. The van der Waals surface area contributed by atoms with Gasteiger partial charge in [0.05, 0.1) is 12.2 Å². The highest BCUT2D eigenvalue weighted by Gasteiger charge is 2.31. The molecule has 8 heteroatoms. The lowest BCUT2D eigenvalue weighted by Crippen LogP contribution is -2.40. The quantitative estimate of drug-likeness (QED) is 0.877. The molecular weight excluding hydrogens is 346 g/mol. The first-order valence-electron chi connectivity index (χ1n) is 8.91. The maximum Gasteiger partial charge on any atom is 0.410 e. The number of fused-ring (bicyclic) bond motifs is 1. The van der Waals surface area contributed by atoms with Crippen molar-refractivity contribution in [1.82, 2.24) is 19.7 Å². The van der Waals surface area contributed by atoms with E-state index in [1.807, 2.05) is 39.8 Å². The summed E-state index contributed by atoms with van der Waals surface area (Å²) in [6.45, 7) is 8.18. The third kappa shape index (κ3) is 4.10. The molecule has 0 atom stereocenters. The van der Waals surface area contributed by atoms with Gasteiger partial charge >= 0.3 is 6.09 Å². The first-order chi connectivity index (χ1) is 12.7. The zero-order valence-electron chi connectivity index (χ0n) is 16.4. The molecule has 0 bridgehead atoms. The number of nitrogens with one attached hydrogen (secondary N) is 1. The van der Waals surface area contributed by atoms with Gasteiger partial charge < -0.3 is 15.0 Å². The fourth-order valence-electron chi connectivity index (χ4n) is 3.05. The number of hydrogen-bond acceptors (Lipinski definition) is 5. The molecule has 0 unspecified atom stereocenters. The molecule has 0 aliphatic carbocycles. The Kier molecular flexibility index (Phi) is 4.91. The van der Waals surface area contributed by atoms with Crippen LogP contribution in [0, 0.1) is 6.92 Å². The molecule has 2 aromatic heterocycles. The molecule has 0 aromatic carbocycles. The minimum atomic E-state index is -0.566. The third-order valence-corrected chi connectivity index (χ3v) is 4.30. The van der Waals surface area contributed by atoms with Crippen LogP contribution in [0.1, 0.15) is 48.1 Å². The van der Waals surface area contributed by atoms with Gasteiger partial charge in [-0.05, 0) is 39.3 Å². The molecule has 0 fully saturated rings. The van der Waals surface area contributed by atoms with E-state index < -0.39 is 5.60 Å². The molecule has 3 heterocycles. The summed E-state index contributed by atoms with van der Waals surface area (Å²) in [5.41, 5.74) is 2.32. The maximum absolute atomic E-state index is 12.9. The maximum atomic E-state index is 12.9. The van der Waals surface area contributed by atoms with Gasteiger partial charge in [0.1, 0.15) is 17.1 Å². The number of carbonyl (C=O) groups excluding carboxylic acids is 2. The Morgan fingerprint density at radius 3 is 2.70 bits per heavy atom. The summed E-state index contributed by atoms with van der Waals surface area (Å²) in [6.07, 6.45) is 1.83. The van der Waals surface area contributed by atoms with Gasteiger partial charge in [0, 0.05) is 31.8 Å². The predicted octanol–water partition coefficient (Wildman–Crippen LogP) is 2.67. The highest BCUT2D eigenvalue weighted by molar-refractivity contribution is 6.04. The van der Waals surface area contributed by atoms with Crippen molar-refractivity contribution in [3.63, 3.8) is 0 Å². The zero-order valence-corrected chi connectivity index (χ0v) is 16.4. The molecule has 1 N–H and O–H groups in total. The van der Waals surface area contributed by atoms with E-state index in [1.165, 1.54) is 0 Å². The van der Waals surface area contributed by atoms with Crippen LogP contribution in [0.15, 0.2) is 18.3 Å². The van der Waals surface area contributed by atoms with Gasteiger partial charge in [-0.2, -0.15) is 5.10 Å². The van der Waals surface area contributed by atoms with E-state index in [-0.39, 0.29) is 12.0 Å². The Morgan fingerprint density at radius 1 is 1.30 bits per heavy atom. The van der Waals surface area contributed by atoms with E-state index in [0.717, 1.165) is 16.8 Å². The predicted molar refractivity (Wildman–Crippen MR) is 100 cm³/mol. The smallest absolute Gasteiger partial charge is 0.410 e. The average molecular weight is 371 g/mol. The summed E-state index contributed by atoms with van der Waals surface area (Å²) in [5, 5.41) is 7.30. The van der Waals surface area contributed by atoms with Crippen LogP contribution in [0.5, 0.6) is 0 Å². The highest BCUT2D eigenvalue weighted by Crippen LogP contribution is 2.24. The van der Waals surface area contributed by atoms with Gasteiger partial charge in [0.2, 0.25) is 0 Å². The van der Waals surface area contributed by atoms with Crippen LogP contribution in [-0.4, -0.2) is 43.8 Å². The molecular formula is C19H25N5O3. The molecule has 0 saturated carbocycles. The van der Waals surface area contributed by atoms with E-state index in [1.54, 1.807) is 22.8 Å². The van der Waals surface area contributed by atoms with Gasteiger partial charge in [-0.1, -0.05) is 6.07 Å². The molecule has 0 saturated heterocycles. The van der Waals surface area contributed by atoms with Gasteiger partial charge in [0.15, 0.2) is 0 Å². The summed E-state index contributed by atoms with van der Waals surface area (Å²) < 4.78 is 7.03. The number of hydrogen-bond donors (Lipinski definition) is 1. The Labute approximate surface area is 158 Å². The monoisotopic (exact) mass is 371 g/mol. The number of nitrogens with zero attached hydrogens (tertiary/aromatic N) is 4. The molecule has 2 amide bonds. The second kappa shape index (κ2) is 7.02. The molecule has 1 aliphatic rings. The number of anilines is 1. The molecule has 144 valence electrons. The van der Waals surface area contributed by atoms with E-state index >= 15 is 0 Å². The summed E-state index contributed by atoms with van der Waals surface area (Å²) in [5.74, 6) is 0.219. The molecule has 1 aliphatic heterocycles. The Bertz CT molecular complexity index is 882. The normalized spacial score (nSPS) is 13.9. The number of carbonyl (C=O) groups is 2. The van der Waals surface area contributed by atoms with E-state index in [9.17, 15) is 9.59 Å². The number of pyridine rings is 1. The van der Waals surface area contributed by atoms with Crippen molar-refractivity contribution in [3.05, 3.63) is 40.8 Å². The topological polar surface area (TPSA) is 89.4 Å². The third-order valence-electron chi connectivity index (χ3n) is 4.30. The lowest BCUT2D eigenvalue weighted by Gasteiger charge is -2.29. The van der Waals surface area contributed by atoms with Crippen molar-refractivity contribution in [1.29, 1.82) is 0 Å². The Hall–Kier alpha value is -2.90. The Balaban J connectivity index is 1.83. The van der Waals surface area contributed by atoms with Crippen LogP contribution in [0.2, 0.25) is 0 Å². The van der Waals surface area contributed by atoms with Crippen molar-refractivity contribution < 1.29 is 14.3 Å². The highest BCUT2D eigenvalue weighted by atomic mass is 16.6. The van der Waals surface area contributed by atoms with Crippen LogP contribution >= 0.6 is 0 Å². The van der Waals surface area contributed by atoms with Crippen LogP contribution in [0.4, 0.5) is 10.6 Å². The number of amides is 2. The number of aryl methyl sites for hydroxylation is 2. The minimum absolute atomic E-state index is 0.293. The van der Waals surface area contributed by atoms with Gasteiger partial charge in [-0.15, -0.1) is 0 Å². The fraction of sp³-hybridized carbons (Fsp3) is 0.474. The summed E-state index contributed by atoms with van der Waals surface area (Å²) >= 11 is 0. The van der Waals surface area contributed by atoms with Gasteiger partial charge in [0.25, 0.3) is 5.91 Å². The van der Waals surface area contributed by atoms with Gasteiger partial charge in [-0.3, -0.25) is 9.48 Å². The SMILES string of the molecule is Cc1cccnc1NC(=O)c1c2c(nn1C)CCN(C(=O)OC(C)(C)C)C2. The van der Waals surface area contributed by atoms with E-state index in [0.29, 0.717) is 31.0 Å². The van der Waals surface area contributed by atoms with Crippen molar-refractivity contribution in [2.75, 3.05) is 11.9 Å². The van der Waals surface area contributed by atoms with Crippen molar-refractivity contribution in [2.45, 2.75) is 46.3 Å². The standard InChI is InChI=1S/C19H25N5O3/c1-12-7-6-9-20-16(12)21-17(25)15-13-11-24(18(26)27-19(2,3)4)10-8-14(13)22-23(15)5/h6-7,9H,8,10-11H2,1-5H3,(H,20,21,25). The average Bonchev–Trinajstić information content (AvgIpc) is 2.90. The number of rotatable bonds is 2. The zero-order chi connectivity index (χ0) is 19.8. The first-order valence-corrected chi connectivity index (χ1v) is 8.91. The molecule has 27 heavy (non-hydrogen) atoms. The largest absolute Gasteiger partial charge is 0.444 e. The van der Waals surface area contributed by atoms with Crippen LogP contribution in [0.3, 0.4) is 0 Å². The van der Waals surface area contributed by atoms with Crippen molar-refractivity contribution in [2.24, 2.45) is 7.05 Å². The second-order valence-corrected chi connectivity index (χ2v) is 7.67. The van der Waals surface area contributed by atoms with Gasteiger partial charge in [-0.25, -0.2) is 9.78 Å².